The van der Waals surface area contributed by atoms with Crippen LogP contribution in [0.1, 0.15) is 37.0 Å². The van der Waals surface area contributed by atoms with E-state index in [9.17, 15) is 0 Å². The SMILES string of the molecule is CCOCCCNCC(C)Oc1cc(C)cc(C)c1C. The number of rotatable bonds is 9. The number of nitrogens with one attached hydrogen (secondary N) is 1. The quantitative estimate of drug-likeness (QED) is 0.703. The molecule has 0 fully saturated rings. The van der Waals surface area contributed by atoms with E-state index < -0.39 is 0 Å². The summed E-state index contributed by atoms with van der Waals surface area (Å²) in [4.78, 5) is 0. The second-order valence-corrected chi connectivity index (χ2v) is 5.39. The van der Waals surface area contributed by atoms with Gasteiger partial charge in [0, 0.05) is 19.8 Å². The number of benzene rings is 1. The van der Waals surface area contributed by atoms with Crippen LogP contribution in [0.25, 0.3) is 0 Å². The Bertz CT molecular complexity index is 404. The second-order valence-electron chi connectivity index (χ2n) is 5.39. The summed E-state index contributed by atoms with van der Waals surface area (Å²) in [6.45, 7) is 13.9. The first kappa shape index (κ1) is 17.0. The molecule has 0 amide bonds. The Morgan fingerprint density at radius 2 is 1.95 bits per heavy atom. The monoisotopic (exact) mass is 279 g/mol. The van der Waals surface area contributed by atoms with Gasteiger partial charge >= 0.3 is 0 Å². The van der Waals surface area contributed by atoms with Crippen molar-refractivity contribution >= 4 is 0 Å². The Morgan fingerprint density at radius 1 is 1.20 bits per heavy atom. The zero-order valence-electron chi connectivity index (χ0n) is 13.6. The zero-order valence-corrected chi connectivity index (χ0v) is 13.6. The van der Waals surface area contributed by atoms with Crippen molar-refractivity contribution in [3.63, 3.8) is 0 Å². The summed E-state index contributed by atoms with van der Waals surface area (Å²) in [5.74, 6) is 1.01. The summed E-state index contributed by atoms with van der Waals surface area (Å²) >= 11 is 0. The van der Waals surface area contributed by atoms with E-state index in [1.165, 1.54) is 16.7 Å². The average molecular weight is 279 g/mol. The summed E-state index contributed by atoms with van der Waals surface area (Å²) in [7, 11) is 0. The minimum atomic E-state index is 0.169. The largest absolute Gasteiger partial charge is 0.489 e. The van der Waals surface area contributed by atoms with Crippen LogP contribution >= 0.6 is 0 Å². The highest BCUT2D eigenvalue weighted by Crippen LogP contribution is 2.24. The lowest BCUT2D eigenvalue weighted by atomic mass is 10.1. The molecule has 1 aromatic carbocycles. The van der Waals surface area contributed by atoms with Gasteiger partial charge in [0.15, 0.2) is 0 Å². The van der Waals surface area contributed by atoms with Crippen LogP contribution in [0, 0.1) is 20.8 Å². The van der Waals surface area contributed by atoms with Crippen LogP contribution in [0.15, 0.2) is 12.1 Å². The van der Waals surface area contributed by atoms with Gasteiger partial charge < -0.3 is 14.8 Å². The van der Waals surface area contributed by atoms with Gasteiger partial charge in [-0.25, -0.2) is 0 Å². The highest BCUT2D eigenvalue weighted by molar-refractivity contribution is 5.42. The molecule has 3 heteroatoms. The summed E-state index contributed by atoms with van der Waals surface area (Å²) in [6, 6.07) is 4.31. The molecule has 1 N–H and O–H groups in total. The lowest BCUT2D eigenvalue weighted by Gasteiger charge is -2.18. The lowest BCUT2D eigenvalue weighted by Crippen LogP contribution is -2.30. The van der Waals surface area contributed by atoms with E-state index in [2.05, 4.69) is 45.1 Å². The van der Waals surface area contributed by atoms with Crippen LogP contribution < -0.4 is 10.1 Å². The van der Waals surface area contributed by atoms with Crippen molar-refractivity contribution in [2.45, 2.75) is 47.1 Å². The topological polar surface area (TPSA) is 30.5 Å². The van der Waals surface area contributed by atoms with Crippen LogP contribution in [-0.4, -0.2) is 32.4 Å². The van der Waals surface area contributed by atoms with Gasteiger partial charge in [0.05, 0.1) is 0 Å². The van der Waals surface area contributed by atoms with Crippen molar-refractivity contribution in [1.82, 2.24) is 5.32 Å². The molecule has 114 valence electrons. The Balaban J connectivity index is 2.33. The molecule has 0 aliphatic carbocycles. The minimum Gasteiger partial charge on any atom is -0.489 e. The molecule has 0 saturated carbocycles. The number of hydrogen-bond donors (Lipinski definition) is 1. The fourth-order valence-corrected chi connectivity index (χ4v) is 2.13. The van der Waals surface area contributed by atoms with Gasteiger partial charge in [-0.15, -0.1) is 0 Å². The van der Waals surface area contributed by atoms with Gasteiger partial charge in [-0.2, -0.15) is 0 Å². The zero-order chi connectivity index (χ0) is 15.0. The second kappa shape index (κ2) is 8.98. The molecule has 0 spiro atoms. The molecule has 0 heterocycles. The normalized spacial score (nSPS) is 12.4. The molecule has 0 bridgehead atoms. The van der Waals surface area contributed by atoms with E-state index in [1.807, 2.05) is 6.92 Å². The first-order valence-corrected chi connectivity index (χ1v) is 7.57. The van der Waals surface area contributed by atoms with Gasteiger partial charge in [-0.05, 0) is 70.3 Å². The third-order valence-corrected chi connectivity index (χ3v) is 3.37. The maximum atomic E-state index is 6.04. The van der Waals surface area contributed by atoms with Gasteiger partial charge in [-0.1, -0.05) is 6.07 Å². The van der Waals surface area contributed by atoms with Crippen LogP contribution in [0.4, 0.5) is 0 Å². The van der Waals surface area contributed by atoms with Gasteiger partial charge in [0.25, 0.3) is 0 Å². The van der Waals surface area contributed by atoms with Gasteiger partial charge in [-0.3, -0.25) is 0 Å². The van der Waals surface area contributed by atoms with Crippen molar-refractivity contribution in [2.24, 2.45) is 0 Å². The molecular weight excluding hydrogens is 250 g/mol. The molecule has 3 nitrogen and oxygen atoms in total. The van der Waals surface area contributed by atoms with Crippen molar-refractivity contribution in [3.8, 4) is 5.75 Å². The van der Waals surface area contributed by atoms with Crippen molar-refractivity contribution < 1.29 is 9.47 Å². The lowest BCUT2D eigenvalue weighted by molar-refractivity contribution is 0.143. The fourth-order valence-electron chi connectivity index (χ4n) is 2.13. The van der Waals surface area contributed by atoms with Crippen molar-refractivity contribution in [3.05, 3.63) is 28.8 Å². The summed E-state index contributed by atoms with van der Waals surface area (Å²) in [6.07, 6.45) is 1.21. The molecular formula is C17H29NO2. The highest BCUT2D eigenvalue weighted by atomic mass is 16.5. The molecule has 0 radical (unpaired) electrons. The predicted octanol–water partition coefficient (Wildman–Crippen LogP) is 3.40. The Labute approximate surface area is 123 Å². The van der Waals surface area contributed by atoms with E-state index in [1.54, 1.807) is 0 Å². The highest BCUT2D eigenvalue weighted by Gasteiger charge is 2.08. The van der Waals surface area contributed by atoms with Crippen molar-refractivity contribution in [2.75, 3.05) is 26.3 Å². The number of hydrogen-bond acceptors (Lipinski definition) is 3. The van der Waals surface area contributed by atoms with E-state index in [0.717, 1.165) is 38.5 Å². The third kappa shape index (κ3) is 5.93. The summed E-state index contributed by atoms with van der Waals surface area (Å²) in [5.41, 5.74) is 3.77. The predicted molar refractivity (Wildman–Crippen MR) is 84.7 cm³/mol. The smallest absolute Gasteiger partial charge is 0.123 e. The van der Waals surface area contributed by atoms with E-state index in [4.69, 9.17) is 9.47 Å². The van der Waals surface area contributed by atoms with E-state index in [-0.39, 0.29) is 6.10 Å². The van der Waals surface area contributed by atoms with Crippen LogP contribution in [0.3, 0.4) is 0 Å². The summed E-state index contributed by atoms with van der Waals surface area (Å²) < 4.78 is 11.3. The maximum absolute atomic E-state index is 6.04. The van der Waals surface area contributed by atoms with Crippen LogP contribution in [0.5, 0.6) is 5.75 Å². The maximum Gasteiger partial charge on any atom is 0.123 e. The molecule has 1 aromatic rings. The molecule has 0 aliphatic rings. The fraction of sp³-hybridized carbons (Fsp3) is 0.647. The Morgan fingerprint density at radius 3 is 2.65 bits per heavy atom. The minimum absolute atomic E-state index is 0.169. The first-order valence-electron chi connectivity index (χ1n) is 7.57. The Kier molecular flexibility index (Phi) is 7.63. The number of ether oxygens (including phenoxy) is 2. The summed E-state index contributed by atoms with van der Waals surface area (Å²) in [5, 5.41) is 3.41. The third-order valence-electron chi connectivity index (χ3n) is 3.37. The van der Waals surface area contributed by atoms with Gasteiger partial charge in [0.2, 0.25) is 0 Å². The average Bonchev–Trinajstić information content (AvgIpc) is 2.39. The molecule has 20 heavy (non-hydrogen) atoms. The van der Waals surface area contributed by atoms with E-state index in [0.29, 0.717) is 0 Å². The van der Waals surface area contributed by atoms with Gasteiger partial charge in [0.1, 0.15) is 11.9 Å². The molecule has 0 saturated heterocycles. The van der Waals surface area contributed by atoms with E-state index >= 15 is 0 Å². The standard InChI is InChI=1S/C17H29NO2/c1-6-19-9-7-8-18-12-15(4)20-17-11-13(2)10-14(3)16(17)5/h10-11,15,18H,6-9,12H2,1-5H3. The molecule has 0 aliphatic heterocycles. The molecule has 1 atom stereocenters. The van der Waals surface area contributed by atoms with Crippen molar-refractivity contribution in [1.29, 1.82) is 0 Å². The first-order chi connectivity index (χ1) is 9.54. The van der Waals surface area contributed by atoms with Crippen LogP contribution in [0.2, 0.25) is 0 Å². The molecule has 1 unspecified atom stereocenters. The van der Waals surface area contributed by atoms with Crippen LogP contribution in [-0.2, 0) is 4.74 Å². The Hall–Kier alpha value is -1.06. The number of aryl methyl sites for hydroxylation is 2. The molecule has 0 aromatic heterocycles. The molecule has 1 rings (SSSR count).